The Hall–Kier alpha value is -3.86. The van der Waals surface area contributed by atoms with Crippen molar-refractivity contribution in [1.82, 2.24) is 9.97 Å². The number of aromatic nitrogens is 2. The predicted molar refractivity (Wildman–Crippen MR) is 157 cm³/mol. The molecule has 2 aromatic heterocycles. The van der Waals surface area contributed by atoms with Gasteiger partial charge in [0, 0.05) is 27.3 Å². The molecular formula is C33H24N2S2. The first-order chi connectivity index (χ1) is 18.1. The highest BCUT2D eigenvalue weighted by molar-refractivity contribution is 7.08. The number of fused-ring (bicyclic) bond motifs is 3. The summed E-state index contributed by atoms with van der Waals surface area (Å²) in [6.07, 6.45) is 0. The van der Waals surface area contributed by atoms with Crippen molar-refractivity contribution in [3.63, 3.8) is 0 Å². The molecule has 0 amide bonds. The maximum atomic E-state index is 4.50. The Labute approximate surface area is 225 Å². The minimum absolute atomic E-state index is 0.0876. The lowest BCUT2D eigenvalue weighted by Crippen LogP contribution is -2.15. The van der Waals surface area contributed by atoms with Gasteiger partial charge < -0.3 is 0 Å². The Morgan fingerprint density at radius 2 is 0.946 bits per heavy atom. The van der Waals surface area contributed by atoms with Gasteiger partial charge in [-0.25, -0.2) is 9.97 Å². The Bertz CT molecular complexity index is 1620. The van der Waals surface area contributed by atoms with E-state index in [2.05, 4.69) is 120 Å². The molecule has 178 valence electrons. The van der Waals surface area contributed by atoms with Crippen molar-refractivity contribution in [3.05, 3.63) is 118 Å². The van der Waals surface area contributed by atoms with Crippen LogP contribution in [0.3, 0.4) is 0 Å². The Kier molecular flexibility index (Phi) is 5.20. The van der Waals surface area contributed by atoms with Crippen LogP contribution >= 0.6 is 22.7 Å². The monoisotopic (exact) mass is 512 g/mol. The fraction of sp³-hybridized carbons (Fsp3) is 0.0909. The van der Waals surface area contributed by atoms with Gasteiger partial charge >= 0.3 is 0 Å². The second-order valence-electron chi connectivity index (χ2n) is 10.1. The normalized spacial score (nSPS) is 13.4. The first-order valence-corrected chi connectivity index (χ1v) is 14.2. The van der Waals surface area contributed by atoms with E-state index in [0.717, 1.165) is 22.5 Å². The fourth-order valence-electron chi connectivity index (χ4n) is 5.52. The summed E-state index contributed by atoms with van der Waals surface area (Å²) in [4.78, 5) is 9.00. The third-order valence-electron chi connectivity index (χ3n) is 7.52. The van der Waals surface area contributed by atoms with Crippen LogP contribution in [0.25, 0.3) is 55.9 Å². The number of rotatable bonds is 4. The Morgan fingerprint density at radius 1 is 0.514 bits per heavy atom. The molecule has 0 bridgehead atoms. The van der Waals surface area contributed by atoms with Crippen LogP contribution in [0.4, 0.5) is 0 Å². The number of hydrogen-bond acceptors (Lipinski definition) is 4. The highest BCUT2D eigenvalue weighted by atomic mass is 32.1. The molecule has 0 saturated heterocycles. The molecule has 1 aliphatic carbocycles. The van der Waals surface area contributed by atoms with E-state index in [1.54, 1.807) is 22.7 Å². The van der Waals surface area contributed by atoms with Crippen molar-refractivity contribution in [1.29, 1.82) is 0 Å². The maximum absolute atomic E-state index is 4.50. The predicted octanol–water partition coefficient (Wildman–Crippen LogP) is 9.57. The zero-order valence-electron chi connectivity index (χ0n) is 20.6. The molecule has 0 atom stereocenters. The summed E-state index contributed by atoms with van der Waals surface area (Å²) in [5, 5.41) is 4.21. The molecule has 4 heteroatoms. The lowest BCUT2D eigenvalue weighted by molar-refractivity contribution is 0.661. The summed E-state index contributed by atoms with van der Waals surface area (Å²) in [6, 6.07) is 31.3. The van der Waals surface area contributed by atoms with Crippen LogP contribution in [-0.4, -0.2) is 9.97 Å². The number of thiazole rings is 2. The zero-order valence-corrected chi connectivity index (χ0v) is 22.2. The van der Waals surface area contributed by atoms with Gasteiger partial charge in [-0.3, -0.25) is 0 Å². The Balaban J connectivity index is 1.28. The maximum Gasteiger partial charge on any atom is 0.0811 e. The van der Waals surface area contributed by atoms with E-state index >= 15 is 0 Å². The SMILES string of the molecule is CC1(C)c2cc(-c3cccc(-c4cscn4)c3)ccc2-c2ccc(-c3cccc(-c4cscn4)c3)cc21. The molecule has 2 heterocycles. The Morgan fingerprint density at radius 3 is 1.38 bits per heavy atom. The van der Waals surface area contributed by atoms with Gasteiger partial charge in [0.2, 0.25) is 0 Å². The molecule has 0 N–H and O–H groups in total. The van der Waals surface area contributed by atoms with E-state index in [9.17, 15) is 0 Å². The van der Waals surface area contributed by atoms with Gasteiger partial charge in [-0.15, -0.1) is 22.7 Å². The van der Waals surface area contributed by atoms with Gasteiger partial charge in [-0.1, -0.05) is 74.5 Å². The van der Waals surface area contributed by atoms with Crippen LogP contribution < -0.4 is 0 Å². The summed E-state index contributed by atoms with van der Waals surface area (Å²) in [7, 11) is 0. The minimum atomic E-state index is -0.0876. The second kappa shape index (κ2) is 8.62. The van der Waals surface area contributed by atoms with Crippen molar-refractivity contribution in [2.45, 2.75) is 19.3 Å². The lowest BCUT2D eigenvalue weighted by Gasteiger charge is -2.22. The van der Waals surface area contributed by atoms with Gasteiger partial charge in [0.15, 0.2) is 0 Å². The highest BCUT2D eigenvalue weighted by Gasteiger charge is 2.35. The molecular weight excluding hydrogens is 489 g/mol. The van der Waals surface area contributed by atoms with Crippen molar-refractivity contribution in [3.8, 4) is 55.9 Å². The average molecular weight is 513 g/mol. The topological polar surface area (TPSA) is 25.8 Å². The van der Waals surface area contributed by atoms with Crippen LogP contribution in [0.1, 0.15) is 25.0 Å². The smallest absolute Gasteiger partial charge is 0.0811 e. The molecule has 0 spiro atoms. The minimum Gasteiger partial charge on any atom is -0.245 e. The lowest BCUT2D eigenvalue weighted by atomic mass is 9.80. The molecule has 0 unspecified atom stereocenters. The zero-order chi connectivity index (χ0) is 25.0. The second-order valence-corrected chi connectivity index (χ2v) is 11.5. The number of nitrogens with zero attached hydrogens (tertiary/aromatic N) is 2. The van der Waals surface area contributed by atoms with E-state index in [1.165, 1.54) is 44.5 Å². The van der Waals surface area contributed by atoms with Crippen LogP contribution in [0.2, 0.25) is 0 Å². The standard InChI is InChI=1S/C33H24N2S2/c1-33(2)29-15-23(21-5-3-7-25(13-21)31-17-36-19-34-31)9-11-27(29)28-12-10-24(16-30(28)33)22-6-4-8-26(14-22)32-18-37-20-35-32/h3-20H,1-2H3. The summed E-state index contributed by atoms with van der Waals surface area (Å²) >= 11 is 3.26. The molecule has 1 aliphatic rings. The molecule has 4 aromatic carbocycles. The third kappa shape index (κ3) is 3.76. The van der Waals surface area contributed by atoms with Crippen molar-refractivity contribution < 1.29 is 0 Å². The van der Waals surface area contributed by atoms with Crippen LogP contribution in [-0.2, 0) is 5.41 Å². The summed E-state index contributed by atoms with van der Waals surface area (Å²) < 4.78 is 0. The third-order valence-corrected chi connectivity index (χ3v) is 8.70. The summed E-state index contributed by atoms with van der Waals surface area (Å²) in [5.74, 6) is 0. The molecule has 0 saturated carbocycles. The van der Waals surface area contributed by atoms with E-state index < -0.39 is 0 Å². The largest absolute Gasteiger partial charge is 0.245 e. The van der Waals surface area contributed by atoms with Crippen LogP contribution in [0.15, 0.2) is 107 Å². The fourth-order valence-corrected chi connectivity index (χ4v) is 6.65. The van der Waals surface area contributed by atoms with Crippen LogP contribution in [0, 0.1) is 0 Å². The van der Waals surface area contributed by atoms with Gasteiger partial charge in [0.05, 0.1) is 22.4 Å². The van der Waals surface area contributed by atoms with Crippen molar-refractivity contribution in [2.75, 3.05) is 0 Å². The molecule has 6 aromatic rings. The molecule has 0 aliphatic heterocycles. The molecule has 37 heavy (non-hydrogen) atoms. The summed E-state index contributed by atoms with van der Waals surface area (Å²) in [6.45, 7) is 4.70. The molecule has 2 nitrogen and oxygen atoms in total. The quantitative estimate of drug-likeness (QED) is 0.235. The van der Waals surface area contributed by atoms with E-state index in [4.69, 9.17) is 0 Å². The van der Waals surface area contributed by atoms with Crippen LogP contribution in [0.5, 0.6) is 0 Å². The summed E-state index contributed by atoms with van der Waals surface area (Å²) in [5.41, 5.74) is 18.4. The number of hydrogen-bond donors (Lipinski definition) is 0. The van der Waals surface area contributed by atoms with Gasteiger partial charge in [0.1, 0.15) is 0 Å². The first kappa shape index (κ1) is 22.3. The van der Waals surface area contributed by atoms with Crippen molar-refractivity contribution in [2.24, 2.45) is 0 Å². The van der Waals surface area contributed by atoms with Gasteiger partial charge in [0.25, 0.3) is 0 Å². The molecule has 0 radical (unpaired) electrons. The van der Waals surface area contributed by atoms with E-state index in [0.29, 0.717) is 0 Å². The van der Waals surface area contributed by atoms with Gasteiger partial charge in [-0.2, -0.15) is 0 Å². The average Bonchev–Trinajstić information content (AvgIpc) is 3.71. The van der Waals surface area contributed by atoms with Crippen molar-refractivity contribution >= 4 is 22.7 Å². The van der Waals surface area contributed by atoms with E-state index in [1.807, 2.05) is 11.0 Å². The van der Waals surface area contributed by atoms with E-state index in [-0.39, 0.29) is 5.41 Å². The highest BCUT2D eigenvalue weighted by Crippen LogP contribution is 2.50. The molecule has 0 fully saturated rings. The molecule has 7 rings (SSSR count). The first-order valence-electron chi connectivity index (χ1n) is 12.4. The van der Waals surface area contributed by atoms with Gasteiger partial charge in [-0.05, 0) is 68.8 Å². The number of benzene rings is 4.